The molecular weight excluding hydrogens is 274 g/mol. The number of hydrogen-bond donors (Lipinski definition) is 0. The number of rotatable bonds is 2. The summed E-state index contributed by atoms with van der Waals surface area (Å²) in [7, 11) is 0. The highest BCUT2D eigenvalue weighted by Crippen LogP contribution is 2.22. The van der Waals surface area contributed by atoms with Gasteiger partial charge in [0.1, 0.15) is 0 Å². The van der Waals surface area contributed by atoms with E-state index in [1.165, 1.54) is 0 Å². The van der Waals surface area contributed by atoms with Crippen LogP contribution in [0.2, 0.25) is 5.02 Å². The van der Waals surface area contributed by atoms with Crippen molar-refractivity contribution in [2.75, 3.05) is 32.7 Å². The SMILES string of the molecule is CCN1CCN(C(=O)c2cc(F)c(F)cc2Cl)CC1. The van der Waals surface area contributed by atoms with E-state index in [-0.39, 0.29) is 16.5 Å². The second kappa shape index (κ2) is 5.84. The highest BCUT2D eigenvalue weighted by Gasteiger charge is 2.24. The molecule has 0 N–H and O–H groups in total. The zero-order valence-electron chi connectivity index (χ0n) is 10.6. The fraction of sp³-hybridized carbons (Fsp3) is 0.462. The Morgan fingerprint density at radius 1 is 1.21 bits per heavy atom. The molecule has 0 bridgehead atoms. The third-order valence-electron chi connectivity index (χ3n) is 3.35. The van der Waals surface area contributed by atoms with Gasteiger partial charge in [-0.25, -0.2) is 8.78 Å². The van der Waals surface area contributed by atoms with Gasteiger partial charge in [-0.15, -0.1) is 0 Å². The van der Waals surface area contributed by atoms with E-state index in [4.69, 9.17) is 11.6 Å². The minimum Gasteiger partial charge on any atom is -0.336 e. The molecule has 0 unspecified atom stereocenters. The van der Waals surface area contributed by atoms with Crippen LogP contribution in [0.1, 0.15) is 17.3 Å². The lowest BCUT2D eigenvalue weighted by Crippen LogP contribution is -2.48. The van der Waals surface area contributed by atoms with Crippen molar-refractivity contribution in [3.8, 4) is 0 Å². The minimum atomic E-state index is -1.06. The summed E-state index contributed by atoms with van der Waals surface area (Å²) in [5.74, 6) is -2.45. The second-order valence-electron chi connectivity index (χ2n) is 4.47. The van der Waals surface area contributed by atoms with Crippen LogP contribution in [-0.4, -0.2) is 48.4 Å². The van der Waals surface area contributed by atoms with Gasteiger partial charge in [-0.1, -0.05) is 18.5 Å². The summed E-state index contributed by atoms with van der Waals surface area (Å²) in [5.41, 5.74) is 0.0190. The van der Waals surface area contributed by atoms with Gasteiger partial charge < -0.3 is 9.80 Å². The topological polar surface area (TPSA) is 23.6 Å². The lowest BCUT2D eigenvalue weighted by Gasteiger charge is -2.34. The standard InChI is InChI=1S/C13H15ClF2N2O/c1-2-17-3-5-18(6-4-17)13(19)9-7-11(15)12(16)8-10(9)14/h7-8H,2-6H2,1H3. The Hall–Kier alpha value is -1.20. The van der Waals surface area contributed by atoms with Crippen LogP contribution in [-0.2, 0) is 0 Å². The zero-order chi connectivity index (χ0) is 14.0. The first kappa shape index (κ1) is 14.2. The van der Waals surface area contributed by atoms with Gasteiger partial charge in [0.05, 0.1) is 10.6 Å². The molecule has 1 aromatic carbocycles. The van der Waals surface area contributed by atoms with Gasteiger partial charge in [0, 0.05) is 26.2 Å². The number of carbonyl (C=O) groups is 1. The smallest absolute Gasteiger partial charge is 0.255 e. The van der Waals surface area contributed by atoms with Crippen LogP contribution in [0.15, 0.2) is 12.1 Å². The Labute approximate surface area is 115 Å². The maximum Gasteiger partial charge on any atom is 0.255 e. The zero-order valence-corrected chi connectivity index (χ0v) is 11.4. The van der Waals surface area contributed by atoms with Crippen LogP contribution in [0.4, 0.5) is 8.78 Å². The summed E-state index contributed by atoms with van der Waals surface area (Å²) in [6, 6.07) is 1.71. The number of benzene rings is 1. The van der Waals surface area contributed by atoms with Crippen molar-refractivity contribution >= 4 is 17.5 Å². The molecule has 104 valence electrons. The normalized spacial score (nSPS) is 16.7. The lowest BCUT2D eigenvalue weighted by atomic mass is 10.1. The van der Waals surface area contributed by atoms with Gasteiger partial charge in [-0.2, -0.15) is 0 Å². The first-order chi connectivity index (χ1) is 9.02. The maximum atomic E-state index is 13.2. The predicted octanol–water partition coefficient (Wildman–Crippen LogP) is 2.40. The molecule has 1 fully saturated rings. The third-order valence-corrected chi connectivity index (χ3v) is 3.66. The molecule has 0 aromatic heterocycles. The molecule has 1 aliphatic rings. The maximum absolute atomic E-state index is 13.2. The van der Waals surface area contributed by atoms with Crippen LogP contribution in [0, 0.1) is 11.6 Å². The van der Waals surface area contributed by atoms with Gasteiger partial charge >= 0.3 is 0 Å². The Bertz CT molecular complexity index is 488. The Balaban J connectivity index is 2.14. The quantitative estimate of drug-likeness (QED) is 0.780. The molecule has 1 heterocycles. The molecule has 1 amide bonds. The van der Waals surface area contributed by atoms with Crippen molar-refractivity contribution in [1.29, 1.82) is 0 Å². The summed E-state index contributed by atoms with van der Waals surface area (Å²) in [4.78, 5) is 16.0. The Kier molecular flexibility index (Phi) is 4.37. The molecular formula is C13H15ClF2N2O. The first-order valence-corrected chi connectivity index (χ1v) is 6.57. The number of piperazine rings is 1. The molecule has 0 atom stereocenters. The van der Waals surface area contributed by atoms with Crippen molar-refractivity contribution in [3.63, 3.8) is 0 Å². The summed E-state index contributed by atoms with van der Waals surface area (Å²) >= 11 is 5.81. The minimum absolute atomic E-state index is 0.0190. The number of amides is 1. The van der Waals surface area contributed by atoms with Crippen molar-refractivity contribution < 1.29 is 13.6 Å². The van der Waals surface area contributed by atoms with Crippen molar-refractivity contribution in [2.45, 2.75) is 6.92 Å². The van der Waals surface area contributed by atoms with Gasteiger partial charge in [-0.3, -0.25) is 4.79 Å². The molecule has 0 spiro atoms. The van der Waals surface area contributed by atoms with Crippen molar-refractivity contribution in [1.82, 2.24) is 9.80 Å². The van der Waals surface area contributed by atoms with E-state index in [2.05, 4.69) is 11.8 Å². The van der Waals surface area contributed by atoms with E-state index < -0.39 is 11.6 Å². The van der Waals surface area contributed by atoms with Gasteiger partial charge in [0.2, 0.25) is 0 Å². The molecule has 0 aliphatic carbocycles. The van der Waals surface area contributed by atoms with Crippen molar-refractivity contribution in [2.24, 2.45) is 0 Å². The third kappa shape index (κ3) is 3.04. The van der Waals surface area contributed by atoms with E-state index in [9.17, 15) is 13.6 Å². The number of carbonyl (C=O) groups excluding carboxylic acids is 1. The average molecular weight is 289 g/mol. The molecule has 3 nitrogen and oxygen atoms in total. The molecule has 1 aromatic rings. The van der Waals surface area contributed by atoms with Gasteiger partial charge in [0.25, 0.3) is 5.91 Å². The first-order valence-electron chi connectivity index (χ1n) is 6.19. The number of hydrogen-bond acceptors (Lipinski definition) is 2. The van der Waals surface area contributed by atoms with E-state index in [0.29, 0.717) is 13.1 Å². The molecule has 1 saturated heterocycles. The fourth-order valence-corrected chi connectivity index (χ4v) is 2.36. The second-order valence-corrected chi connectivity index (χ2v) is 4.88. The van der Waals surface area contributed by atoms with E-state index >= 15 is 0 Å². The summed E-state index contributed by atoms with van der Waals surface area (Å²) < 4.78 is 26.2. The van der Waals surface area contributed by atoms with Crippen LogP contribution in [0.25, 0.3) is 0 Å². The monoisotopic (exact) mass is 288 g/mol. The van der Waals surface area contributed by atoms with E-state index in [1.54, 1.807) is 4.90 Å². The number of nitrogens with zero attached hydrogens (tertiary/aromatic N) is 2. The van der Waals surface area contributed by atoms with Crippen LogP contribution in [0.3, 0.4) is 0 Å². The Morgan fingerprint density at radius 3 is 2.37 bits per heavy atom. The molecule has 19 heavy (non-hydrogen) atoms. The van der Waals surface area contributed by atoms with Gasteiger partial charge in [-0.05, 0) is 18.7 Å². The van der Waals surface area contributed by atoms with Gasteiger partial charge in [0.15, 0.2) is 11.6 Å². The average Bonchev–Trinajstić information content (AvgIpc) is 2.42. The summed E-state index contributed by atoms with van der Waals surface area (Å²) in [5, 5.41) is -0.0539. The summed E-state index contributed by atoms with van der Waals surface area (Å²) in [6.07, 6.45) is 0. The largest absolute Gasteiger partial charge is 0.336 e. The molecule has 0 saturated carbocycles. The molecule has 2 rings (SSSR count). The highest BCUT2D eigenvalue weighted by molar-refractivity contribution is 6.33. The van der Waals surface area contributed by atoms with Crippen LogP contribution >= 0.6 is 11.6 Å². The van der Waals surface area contributed by atoms with Crippen LogP contribution in [0.5, 0.6) is 0 Å². The number of halogens is 3. The fourth-order valence-electron chi connectivity index (χ4n) is 2.12. The van der Waals surface area contributed by atoms with Crippen LogP contribution < -0.4 is 0 Å². The highest BCUT2D eigenvalue weighted by atomic mass is 35.5. The predicted molar refractivity (Wildman–Crippen MR) is 69.4 cm³/mol. The number of likely N-dealkylation sites (N-methyl/N-ethyl adjacent to an activating group) is 1. The van der Waals surface area contributed by atoms with Crippen molar-refractivity contribution in [3.05, 3.63) is 34.4 Å². The summed E-state index contributed by atoms with van der Waals surface area (Å²) in [6.45, 7) is 5.70. The van der Waals surface area contributed by atoms with E-state index in [1.807, 2.05) is 0 Å². The lowest BCUT2D eigenvalue weighted by molar-refractivity contribution is 0.0643. The molecule has 1 aliphatic heterocycles. The molecule has 6 heteroatoms. The van der Waals surface area contributed by atoms with E-state index in [0.717, 1.165) is 31.8 Å². The Morgan fingerprint density at radius 2 is 1.79 bits per heavy atom. The molecule has 0 radical (unpaired) electrons.